The molecule has 0 saturated carbocycles. The summed E-state index contributed by atoms with van der Waals surface area (Å²) in [6, 6.07) is 8.35. The fraction of sp³-hybridized carbons (Fsp3) is 0.575. The molecule has 1 aromatic carbocycles. The molecule has 1 aliphatic rings. The Morgan fingerprint density at radius 3 is 1.94 bits per heavy atom. The van der Waals surface area contributed by atoms with Crippen LogP contribution in [0.3, 0.4) is 0 Å². The van der Waals surface area contributed by atoms with Gasteiger partial charge in [-0.15, -0.1) is 6.58 Å². The number of anilines is 1. The lowest BCUT2D eigenvalue weighted by molar-refractivity contribution is -0.126. The quantitative estimate of drug-likeness (QED) is 0.0425. The Hall–Kier alpha value is -3.30. The van der Waals surface area contributed by atoms with Crippen LogP contribution in [0.25, 0.3) is 0 Å². The molecule has 0 radical (unpaired) electrons. The molecule has 1 fully saturated rings. The van der Waals surface area contributed by atoms with Crippen LogP contribution < -0.4 is 21.5 Å². The molecule has 0 aliphatic carbocycles. The van der Waals surface area contributed by atoms with Crippen molar-refractivity contribution in [2.24, 2.45) is 11.8 Å². The highest BCUT2D eigenvalue weighted by atomic mass is 32.1. The molecule has 1 heterocycles. The molecule has 0 spiro atoms. The zero-order valence-electron chi connectivity index (χ0n) is 32.8. The second kappa shape index (κ2) is 36.0. The minimum Gasteiger partial charge on any atom is -0.383 e. The minimum atomic E-state index is 0.144. The van der Waals surface area contributed by atoms with Gasteiger partial charge in [0.05, 0.1) is 6.54 Å². The summed E-state index contributed by atoms with van der Waals surface area (Å²) in [5, 5.41) is 6.70. The van der Waals surface area contributed by atoms with Gasteiger partial charge in [0.2, 0.25) is 5.91 Å². The summed E-state index contributed by atoms with van der Waals surface area (Å²) in [7, 11) is 1.83. The van der Waals surface area contributed by atoms with E-state index in [1.807, 2.05) is 90.6 Å². The standard InChI is InChI=1S/C21H35N3O.C13H20N2O.2C2H6.CH2O.CH4S/c1-7-20(16(2)3)23-18(5)15-22-17(4)11-9-8-10-14-24-19(6)12-13-21(24)25;1-10(2)13(16)9-6-11-4-7-12(8-5-11)15-14-3;4*1-2/h7,16,20,22-23H,1,4-6,8-15H2,2-3H3;4-5,7-8,10,14-15H,6,9H2,1-3H3;2*1-2H3;1H2;2H,1H3. The maximum absolute atomic E-state index is 11.7. The fourth-order valence-corrected chi connectivity index (χ4v) is 4.33. The third-order valence-electron chi connectivity index (χ3n) is 7.09. The zero-order chi connectivity index (χ0) is 38.8. The molecule has 0 bridgehead atoms. The van der Waals surface area contributed by atoms with Crippen LogP contribution in [0.2, 0.25) is 0 Å². The number of thiol groups is 1. The fourth-order valence-electron chi connectivity index (χ4n) is 4.33. The highest BCUT2D eigenvalue weighted by molar-refractivity contribution is 7.79. The van der Waals surface area contributed by atoms with Crippen molar-refractivity contribution < 1.29 is 14.4 Å². The molecular formula is C40H73N5O3S. The van der Waals surface area contributed by atoms with E-state index in [0.717, 1.165) is 67.8 Å². The van der Waals surface area contributed by atoms with Crippen molar-refractivity contribution in [2.45, 2.75) is 113 Å². The lowest BCUT2D eigenvalue weighted by Gasteiger charge is -2.22. The van der Waals surface area contributed by atoms with E-state index in [1.54, 1.807) is 6.26 Å². The molecule has 9 heteroatoms. The average molecular weight is 704 g/mol. The van der Waals surface area contributed by atoms with Crippen LogP contribution in [0, 0.1) is 11.8 Å². The van der Waals surface area contributed by atoms with Crippen LogP contribution in [0.4, 0.5) is 5.69 Å². The molecule has 1 atom stereocenters. The number of Topliss-reactive ketones (excluding diaryl/α,β-unsaturated/α-hetero) is 1. The van der Waals surface area contributed by atoms with E-state index in [9.17, 15) is 9.59 Å². The minimum absolute atomic E-state index is 0.144. The van der Waals surface area contributed by atoms with Crippen molar-refractivity contribution in [1.82, 2.24) is 21.0 Å². The first-order valence-electron chi connectivity index (χ1n) is 17.7. The molecule has 1 unspecified atom stereocenters. The number of carbonyl (C=O) groups excluding carboxylic acids is 3. The molecular weight excluding hydrogens is 631 g/mol. The summed E-state index contributed by atoms with van der Waals surface area (Å²) >= 11 is 3.53. The van der Waals surface area contributed by atoms with Gasteiger partial charge in [-0.2, -0.15) is 12.6 Å². The molecule has 1 aliphatic heterocycles. The van der Waals surface area contributed by atoms with Crippen LogP contribution in [0.15, 0.2) is 73.7 Å². The number of allylic oxidation sites excluding steroid dienone is 2. The molecule has 1 amide bonds. The molecule has 282 valence electrons. The van der Waals surface area contributed by atoms with Crippen LogP contribution in [0.5, 0.6) is 0 Å². The summed E-state index contributed by atoms with van der Waals surface area (Å²) in [5.74, 6) is 1.18. The number of aryl methyl sites for hydroxylation is 1. The van der Waals surface area contributed by atoms with Crippen molar-refractivity contribution >= 4 is 36.8 Å². The SMILES string of the molecule is C=CC(NC(=C)CNC(=C)CCCCCN1C(=C)CCC1=O)C(C)C.C=O.CC.CC.CNNc1ccc(CCC(=O)C(C)C)cc1.CS. The number of unbranched alkanes of at least 4 members (excludes halogenated alkanes) is 2. The van der Waals surface area contributed by atoms with Gasteiger partial charge in [-0.3, -0.25) is 9.59 Å². The van der Waals surface area contributed by atoms with Gasteiger partial charge in [0.15, 0.2) is 0 Å². The van der Waals surface area contributed by atoms with E-state index in [4.69, 9.17) is 4.79 Å². The van der Waals surface area contributed by atoms with Crippen LogP contribution in [-0.4, -0.2) is 55.8 Å². The molecule has 0 aromatic heterocycles. The van der Waals surface area contributed by atoms with E-state index in [2.05, 4.69) is 74.3 Å². The van der Waals surface area contributed by atoms with E-state index in [1.165, 1.54) is 5.56 Å². The van der Waals surface area contributed by atoms with E-state index < -0.39 is 0 Å². The number of hydrogen-bond acceptors (Lipinski definition) is 8. The van der Waals surface area contributed by atoms with Gasteiger partial charge in [-0.1, -0.05) is 99.8 Å². The Labute approximate surface area is 307 Å². The number of ketones is 1. The normalized spacial score (nSPS) is 11.7. The summed E-state index contributed by atoms with van der Waals surface area (Å²) in [6.07, 6.45) is 10.6. The number of nitrogens with one attached hydrogen (secondary N) is 4. The Bertz CT molecular complexity index is 1010. The third kappa shape index (κ3) is 27.2. The summed E-state index contributed by atoms with van der Waals surface area (Å²) < 4.78 is 0. The number of likely N-dealkylation sites (tertiary alicyclic amines) is 1. The summed E-state index contributed by atoms with van der Waals surface area (Å²) in [5.41, 5.74) is 11.1. The molecule has 49 heavy (non-hydrogen) atoms. The second-order valence-corrected chi connectivity index (χ2v) is 11.3. The van der Waals surface area contributed by atoms with Crippen molar-refractivity contribution in [1.29, 1.82) is 0 Å². The number of carbonyl (C=O) groups is 3. The summed E-state index contributed by atoms with van der Waals surface area (Å²) in [6.45, 7) is 35.6. The molecule has 1 saturated heterocycles. The average Bonchev–Trinajstić information content (AvgIpc) is 3.45. The maximum atomic E-state index is 11.7. The first kappa shape index (κ1) is 52.5. The van der Waals surface area contributed by atoms with Crippen LogP contribution >= 0.6 is 12.6 Å². The van der Waals surface area contributed by atoms with Gasteiger partial charge in [0.25, 0.3) is 0 Å². The predicted molar refractivity (Wildman–Crippen MR) is 219 cm³/mol. The highest BCUT2D eigenvalue weighted by Crippen LogP contribution is 2.21. The second-order valence-electron chi connectivity index (χ2n) is 11.3. The number of benzene rings is 1. The van der Waals surface area contributed by atoms with E-state index in [-0.39, 0.29) is 17.9 Å². The maximum Gasteiger partial charge on any atom is 0.227 e. The number of hydrogen-bond donors (Lipinski definition) is 5. The predicted octanol–water partition coefficient (Wildman–Crippen LogP) is 8.90. The van der Waals surface area contributed by atoms with Gasteiger partial charge >= 0.3 is 0 Å². The Morgan fingerprint density at radius 2 is 1.49 bits per heavy atom. The van der Waals surface area contributed by atoms with Crippen molar-refractivity contribution in [3.8, 4) is 0 Å². The molecule has 4 N–H and O–H groups in total. The van der Waals surface area contributed by atoms with Gasteiger partial charge in [0, 0.05) is 61.2 Å². The number of nitrogens with zero attached hydrogens (tertiary/aromatic N) is 1. The topological polar surface area (TPSA) is 103 Å². The zero-order valence-corrected chi connectivity index (χ0v) is 33.7. The van der Waals surface area contributed by atoms with E-state index in [0.29, 0.717) is 31.1 Å². The molecule has 8 nitrogen and oxygen atoms in total. The monoisotopic (exact) mass is 704 g/mol. The van der Waals surface area contributed by atoms with Crippen molar-refractivity contribution in [3.05, 3.63) is 79.3 Å². The first-order valence-corrected chi connectivity index (χ1v) is 18.6. The van der Waals surface area contributed by atoms with Gasteiger partial charge < -0.3 is 25.8 Å². The molecule has 2 rings (SSSR count). The number of amides is 1. The summed E-state index contributed by atoms with van der Waals surface area (Å²) in [4.78, 5) is 33.0. The van der Waals surface area contributed by atoms with Crippen molar-refractivity contribution in [2.75, 3.05) is 31.8 Å². The highest BCUT2D eigenvalue weighted by Gasteiger charge is 2.23. The Kier molecular flexibility index (Phi) is 38.6. The third-order valence-corrected chi connectivity index (χ3v) is 7.09. The lowest BCUT2D eigenvalue weighted by Crippen LogP contribution is -2.34. The van der Waals surface area contributed by atoms with Gasteiger partial charge in [0.1, 0.15) is 12.6 Å². The largest absolute Gasteiger partial charge is 0.383 e. The van der Waals surface area contributed by atoms with Crippen LogP contribution in [-0.2, 0) is 20.8 Å². The number of hydrazine groups is 1. The Balaban J connectivity index is -0.000000363. The van der Waals surface area contributed by atoms with Gasteiger partial charge in [-0.25, -0.2) is 5.43 Å². The Morgan fingerprint density at radius 1 is 0.918 bits per heavy atom. The lowest BCUT2D eigenvalue weighted by atomic mass is 10.0. The smallest absolute Gasteiger partial charge is 0.227 e. The van der Waals surface area contributed by atoms with E-state index >= 15 is 0 Å². The van der Waals surface area contributed by atoms with Crippen molar-refractivity contribution in [3.63, 3.8) is 0 Å². The number of rotatable bonds is 19. The molecule has 1 aromatic rings. The van der Waals surface area contributed by atoms with Gasteiger partial charge in [-0.05, 0) is 62.0 Å². The first-order chi connectivity index (χ1) is 23.5. The van der Waals surface area contributed by atoms with Crippen LogP contribution in [0.1, 0.15) is 106 Å².